The van der Waals surface area contributed by atoms with Crippen molar-refractivity contribution in [2.45, 2.75) is 13.8 Å². The molecule has 2 aromatic heterocycles. The summed E-state index contributed by atoms with van der Waals surface area (Å²) >= 11 is 0. The van der Waals surface area contributed by atoms with Gasteiger partial charge in [0.05, 0.1) is 11.9 Å². The Balaban J connectivity index is 2.36. The van der Waals surface area contributed by atoms with Crippen LogP contribution in [0.5, 0.6) is 0 Å². The van der Waals surface area contributed by atoms with E-state index in [1.54, 1.807) is 0 Å². The number of nitrogens with zero attached hydrogens (tertiary/aromatic N) is 3. The Hall–Kier alpha value is -2.63. The molecule has 2 heterocycles. The Labute approximate surface area is 108 Å². The lowest BCUT2D eigenvalue weighted by atomic mass is 10.1. The number of benzene rings is 1. The van der Waals surface area contributed by atoms with Crippen LogP contribution < -0.4 is 11.4 Å². The number of rotatable bonds is 1. The third-order valence-corrected chi connectivity index (χ3v) is 2.88. The van der Waals surface area contributed by atoms with Gasteiger partial charge in [0.1, 0.15) is 5.82 Å². The van der Waals surface area contributed by atoms with Crippen LogP contribution >= 0.6 is 0 Å². The lowest BCUT2D eigenvalue weighted by molar-refractivity contribution is 0.995. The standard InChI is InChI=1S/C13H13N5O/c1-7-3-8(2)5-9(4-7)18-12-11(17-13(18)19)16-10(14)6-15-12/h3-6H,1-2H3,(H3,14,16,17,19). The van der Waals surface area contributed by atoms with Gasteiger partial charge in [-0.15, -0.1) is 0 Å². The van der Waals surface area contributed by atoms with E-state index < -0.39 is 0 Å². The Morgan fingerprint density at radius 3 is 2.58 bits per heavy atom. The minimum absolute atomic E-state index is 0.273. The molecule has 3 N–H and O–H groups in total. The number of aryl methyl sites for hydroxylation is 2. The molecular weight excluding hydrogens is 242 g/mol. The fourth-order valence-corrected chi connectivity index (χ4v) is 2.22. The van der Waals surface area contributed by atoms with Gasteiger partial charge in [0.15, 0.2) is 11.3 Å². The van der Waals surface area contributed by atoms with Crippen LogP contribution in [0.1, 0.15) is 11.1 Å². The average molecular weight is 255 g/mol. The molecule has 0 unspecified atom stereocenters. The molecule has 3 rings (SSSR count). The maximum Gasteiger partial charge on any atom is 0.333 e. The van der Waals surface area contributed by atoms with Crippen LogP contribution in [-0.4, -0.2) is 19.5 Å². The number of nitrogen functional groups attached to an aromatic ring is 1. The fraction of sp³-hybridized carbons (Fsp3) is 0.154. The van der Waals surface area contributed by atoms with Gasteiger partial charge < -0.3 is 5.73 Å². The van der Waals surface area contributed by atoms with Crippen molar-refractivity contribution in [2.24, 2.45) is 0 Å². The predicted octanol–water partition coefficient (Wildman–Crippen LogP) is 1.31. The smallest absolute Gasteiger partial charge is 0.333 e. The minimum atomic E-state index is -0.273. The summed E-state index contributed by atoms with van der Waals surface area (Å²) in [5.74, 6) is 0.279. The number of nitrogens with one attached hydrogen (secondary N) is 1. The largest absolute Gasteiger partial charge is 0.382 e. The molecule has 0 aliphatic carbocycles. The lowest BCUT2D eigenvalue weighted by Crippen LogP contribution is -2.15. The Morgan fingerprint density at radius 2 is 1.89 bits per heavy atom. The molecule has 96 valence electrons. The normalized spacial score (nSPS) is 11.1. The zero-order chi connectivity index (χ0) is 13.6. The fourth-order valence-electron chi connectivity index (χ4n) is 2.22. The topological polar surface area (TPSA) is 89.6 Å². The zero-order valence-electron chi connectivity index (χ0n) is 10.6. The molecular formula is C13H13N5O. The molecule has 0 saturated carbocycles. The number of aromatic amines is 1. The second-order valence-electron chi connectivity index (χ2n) is 4.58. The number of H-pyrrole nitrogens is 1. The number of hydrogen-bond acceptors (Lipinski definition) is 4. The van der Waals surface area contributed by atoms with Crippen molar-refractivity contribution in [1.82, 2.24) is 19.5 Å². The van der Waals surface area contributed by atoms with Crippen LogP contribution in [0.4, 0.5) is 5.82 Å². The average Bonchev–Trinajstić information content (AvgIpc) is 2.62. The third kappa shape index (κ3) is 1.87. The van der Waals surface area contributed by atoms with Crippen LogP contribution in [0.25, 0.3) is 17.0 Å². The summed E-state index contributed by atoms with van der Waals surface area (Å²) in [6.45, 7) is 3.97. The van der Waals surface area contributed by atoms with E-state index in [4.69, 9.17) is 5.73 Å². The van der Waals surface area contributed by atoms with Gasteiger partial charge in [-0.05, 0) is 37.1 Å². The van der Waals surface area contributed by atoms with E-state index in [1.807, 2.05) is 32.0 Å². The SMILES string of the molecule is Cc1cc(C)cc(-n2c(=O)[nH]c3nc(N)cnc32)c1. The van der Waals surface area contributed by atoms with Gasteiger partial charge in [-0.1, -0.05) is 6.07 Å². The van der Waals surface area contributed by atoms with Gasteiger partial charge >= 0.3 is 5.69 Å². The van der Waals surface area contributed by atoms with E-state index in [0.29, 0.717) is 11.3 Å². The van der Waals surface area contributed by atoms with Crippen molar-refractivity contribution >= 4 is 17.1 Å². The number of imidazole rings is 1. The van der Waals surface area contributed by atoms with E-state index in [0.717, 1.165) is 16.8 Å². The van der Waals surface area contributed by atoms with Gasteiger partial charge in [0.25, 0.3) is 0 Å². The van der Waals surface area contributed by atoms with Gasteiger partial charge in [0.2, 0.25) is 0 Å². The first kappa shape index (κ1) is 11.5. The van der Waals surface area contributed by atoms with E-state index in [-0.39, 0.29) is 11.5 Å². The van der Waals surface area contributed by atoms with Gasteiger partial charge in [-0.2, -0.15) is 0 Å². The molecule has 3 aromatic rings. The van der Waals surface area contributed by atoms with Crippen molar-refractivity contribution in [1.29, 1.82) is 0 Å². The number of nitrogens with two attached hydrogens (primary N) is 1. The highest BCUT2D eigenvalue weighted by atomic mass is 16.1. The molecule has 0 aliphatic heterocycles. The van der Waals surface area contributed by atoms with Crippen LogP contribution in [0.15, 0.2) is 29.2 Å². The minimum Gasteiger partial charge on any atom is -0.382 e. The molecule has 0 spiro atoms. The van der Waals surface area contributed by atoms with E-state index in [9.17, 15) is 4.79 Å². The van der Waals surface area contributed by atoms with E-state index >= 15 is 0 Å². The third-order valence-electron chi connectivity index (χ3n) is 2.88. The summed E-state index contributed by atoms with van der Waals surface area (Å²) < 4.78 is 1.50. The second kappa shape index (κ2) is 3.94. The molecule has 0 amide bonds. The van der Waals surface area contributed by atoms with Crippen molar-refractivity contribution in [3.05, 3.63) is 46.0 Å². The lowest BCUT2D eigenvalue weighted by Gasteiger charge is -2.05. The number of fused-ring (bicyclic) bond motifs is 1. The molecule has 0 saturated heterocycles. The Bertz CT molecular complexity index is 810. The molecule has 0 aliphatic rings. The predicted molar refractivity (Wildman–Crippen MR) is 73.4 cm³/mol. The quantitative estimate of drug-likeness (QED) is 0.686. The molecule has 1 aromatic carbocycles. The summed E-state index contributed by atoms with van der Waals surface area (Å²) in [5, 5.41) is 0. The first-order chi connectivity index (χ1) is 9.04. The molecule has 6 heteroatoms. The summed E-state index contributed by atoms with van der Waals surface area (Å²) in [5.41, 5.74) is 9.10. The van der Waals surface area contributed by atoms with Gasteiger partial charge in [0, 0.05) is 0 Å². The van der Waals surface area contributed by atoms with Crippen LogP contribution in [0.2, 0.25) is 0 Å². The molecule has 6 nitrogen and oxygen atoms in total. The Kier molecular flexibility index (Phi) is 2.38. The van der Waals surface area contributed by atoms with E-state index in [1.165, 1.54) is 10.8 Å². The number of hydrogen-bond donors (Lipinski definition) is 2. The van der Waals surface area contributed by atoms with Gasteiger partial charge in [-0.25, -0.2) is 19.3 Å². The molecule has 0 bridgehead atoms. The summed E-state index contributed by atoms with van der Waals surface area (Å²) in [6, 6.07) is 5.91. The first-order valence-electron chi connectivity index (χ1n) is 5.86. The maximum atomic E-state index is 12.1. The zero-order valence-corrected chi connectivity index (χ0v) is 10.6. The van der Waals surface area contributed by atoms with Crippen molar-refractivity contribution in [3.63, 3.8) is 0 Å². The number of anilines is 1. The van der Waals surface area contributed by atoms with Crippen molar-refractivity contribution in [3.8, 4) is 5.69 Å². The van der Waals surface area contributed by atoms with E-state index in [2.05, 4.69) is 15.0 Å². The monoisotopic (exact) mass is 255 g/mol. The molecule has 0 fully saturated rings. The second-order valence-corrected chi connectivity index (χ2v) is 4.58. The van der Waals surface area contributed by atoms with Crippen molar-refractivity contribution < 1.29 is 0 Å². The maximum absolute atomic E-state index is 12.1. The van der Waals surface area contributed by atoms with Crippen molar-refractivity contribution in [2.75, 3.05) is 5.73 Å². The highest BCUT2D eigenvalue weighted by molar-refractivity contribution is 5.70. The van der Waals surface area contributed by atoms with Crippen LogP contribution in [0.3, 0.4) is 0 Å². The van der Waals surface area contributed by atoms with Crippen LogP contribution in [0, 0.1) is 13.8 Å². The highest BCUT2D eigenvalue weighted by Crippen LogP contribution is 2.16. The summed E-state index contributed by atoms with van der Waals surface area (Å²) in [6.07, 6.45) is 1.44. The first-order valence-corrected chi connectivity index (χ1v) is 5.86. The van der Waals surface area contributed by atoms with Crippen LogP contribution in [-0.2, 0) is 0 Å². The molecule has 19 heavy (non-hydrogen) atoms. The van der Waals surface area contributed by atoms with Gasteiger partial charge in [-0.3, -0.25) is 4.98 Å². The highest BCUT2D eigenvalue weighted by Gasteiger charge is 2.11. The summed E-state index contributed by atoms with van der Waals surface area (Å²) in [7, 11) is 0. The molecule has 0 radical (unpaired) electrons. The molecule has 0 atom stereocenters. The number of aromatic nitrogens is 4. The summed E-state index contributed by atoms with van der Waals surface area (Å²) in [4.78, 5) is 23.0. The Morgan fingerprint density at radius 1 is 1.21 bits per heavy atom.